The maximum absolute atomic E-state index is 12.8. The molecule has 0 spiro atoms. The molecule has 0 saturated carbocycles. The van der Waals surface area contributed by atoms with Crippen molar-refractivity contribution in [2.24, 2.45) is 0 Å². The van der Waals surface area contributed by atoms with Gasteiger partial charge in [0, 0.05) is 25.6 Å². The fraction of sp³-hybridized carbons (Fsp3) is 0.529. The monoisotopic (exact) mass is 301 g/mol. The number of carbonyl (C=O) groups excluding carboxylic acids is 2. The molecule has 5 nitrogen and oxygen atoms in total. The second-order valence-corrected chi connectivity index (χ2v) is 6.06. The molecule has 0 radical (unpaired) electrons. The van der Waals surface area contributed by atoms with E-state index in [2.05, 4.69) is 10.6 Å². The van der Waals surface area contributed by atoms with Gasteiger partial charge in [0.2, 0.25) is 11.8 Å². The Labute approximate surface area is 131 Å². The van der Waals surface area contributed by atoms with Crippen molar-refractivity contribution in [2.45, 2.75) is 37.8 Å². The Kier molecular flexibility index (Phi) is 4.73. The zero-order valence-electron chi connectivity index (χ0n) is 12.8. The summed E-state index contributed by atoms with van der Waals surface area (Å²) in [4.78, 5) is 26.8. The van der Waals surface area contributed by atoms with Gasteiger partial charge in [-0.05, 0) is 31.4 Å². The maximum Gasteiger partial charge on any atom is 0.247 e. The molecule has 2 amide bonds. The highest BCUT2D eigenvalue weighted by molar-refractivity contribution is 5.89. The van der Waals surface area contributed by atoms with Gasteiger partial charge in [-0.15, -0.1) is 0 Å². The van der Waals surface area contributed by atoms with Gasteiger partial charge < -0.3 is 15.5 Å². The summed E-state index contributed by atoms with van der Waals surface area (Å²) < 4.78 is 0. The second-order valence-electron chi connectivity index (χ2n) is 6.06. The molecule has 2 aliphatic rings. The number of likely N-dealkylation sites (tertiary alicyclic amines) is 1. The minimum absolute atomic E-state index is 0.0600. The van der Waals surface area contributed by atoms with Crippen LogP contribution >= 0.6 is 0 Å². The molecule has 0 aliphatic carbocycles. The first-order chi connectivity index (χ1) is 10.8. The van der Waals surface area contributed by atoms with Gasteiger partial charge >= 0.3 is 0 Å². The van der Waals surface area contributed by atoms with E-state index in [0.717, 1.165) is 37.9 Å². The topological polar surface area (TPSA) is 61.4 Å². The van der Waals surface area contributed by atoms with Crippen LogP contribution in [0.3, 0.4) is 0 Å². The summed E-state index contributed by atoms with van der Waals surface area (Å²) in [6.45, 7) is 2.40. The van der Waals surface area contributed by atoms with Crippen LogP contribution in [0.5, 0.6) is 0 Å². The Hall–Kier alpha value is -1.88. The van der Waals surface area contributed by atoms with Gasteiger partial charge in [0.05, 0.1) is 0 Å². The Morgan fingerprint density at radius 1 is 1.27 bits per heavy atom. The summed E-state index contributed by atoms with van der Waals surface area (Å²) in [7, 11) is 0. The largest absolute Gasteiger partial charge is 0.350 e. The molecular weight excluding hydrogens is 278 g/mol. The van der Waals surface area contributed by atoms with Crippen LogP contribution in [0.1, 0.15) is 37.3 Å². The number of nitrogens with zero attached hydrogens (tertiary/aromatic N) is 1. The van der Waals surface area contributed by atoms with E-state index < -0.39 is 6.04 Å². The molecule has 118 valence electrons. The maximum atomic E-state index is 12.8. The van der Waals surface area contributed by atoms with Crippen LogP contribution in [0.2, 0.25) is 0 Å². The van der Waals surface area contributed by atoms with Crippen LogP contribution in [0.25, 0.3) is 0 Å². The van der Waals surface area contributed by atoms with Gasteiger partial charge in [0.25, 0.3) is 0 Å². The van der Waals surface area contributed by atoms with Gasteiger partial charge in [-0.1, -0.05) is 30.3 Å². The Balaban J connectivity index is 1.81. The number of amides is 2. The van der Waals surface area contributed by atoms with E-state index in [4.69, 9.17) is 0 Å². The minimum Gasteiger partial charge on any atom is -0.350 e. The van der Waals surface area contributed by atoms with Crippen molar-refractivity contribution in [1.29, 1.82) is 0 Å². The third-order valence-electron chi connectivity index (χ3n) is 4.44. The van der Waals surface area contributed by atoms with E-state index in [1.165, 1.54) is 0 Å². The first-order valence-corrected chi connectivity index (χ1v) is 8.11. The molecule has 2 heterocycles. The minimum atomic E-state index is -0.505. The third-order valence-corrected chi connectivity index (χ3v) is 4.44. The molecule has 2 fully saturated rings. The highest BCUT2D eigenvalue weighted by atomic mass is 16.2. The molecule has 2 unspecified atom stereocenters. The van der Waals surface area contributed by atoms with E-state index >= 15 is 0 Å². The Morgan fingerprint density at radius 2 is 2.09 bits per heavy atom. The molecule has 2 saturated heterocycles. The second kappa shape index (κ2) is 6.92. The lowest BCUT2D eigenvalue weighted by atomic mass is 10.00. The number of carbonyl (C=O) groups is 2. The van der Waals surface area contributed by atoms with Crippen molar-refractivity contribution in [1.82, 2.24) is 15.5 Å². The standard InChI is InChI=1S/C17H23N3O2/c21-15-8-4-5-11-20(15)16(13-6-2-1-3-7-13)17(22)19-14-9-10-18-12-14/h1-3,6-7,14,16,18H,4-5,8-12H2,(H,19,22). The molecule has 1 aromatic carbocycles. The number of rotatable bonds is 4. The van der Waals surface area contributed by atoms with Crippen molar-refractivity contribution in [3.05, 3.63) is 35.9 Å². The molecule has 2 atom stereocenters. The lowest BCUT2D eigenvalue weighted by Gasteiger charge is -2.34. The summed E-state index contributed by atoms with van der Waals surface area (Å²) >= 11 is 0. The van der Waals surface area contributed by atoms with E-state index in [1.807, 2.05) is 30.3 Å². The molecular formula is C17H23N3O2. The first kappa shape index (κ1) is 15.0. The summed E-state index contributed by atoms with van der Waals surface area (Å²) in [5.74, 6) is 0.0231. The summed E-state index contributed by atoms with van der Waals surface area (Å²) in [6.07, 6.45) is 3.38. The van der Waals surface area contributed by atoms with E-state index in [0.29, 0.717) is 13.0 Å². The number of benzene rings is 1. The van der Waals surface area contributed by atoms with Gasteiger partial charge in [0.1, 0.15) is 6.04 Å². The molecule has 0 aromatic heterocycles. The average Bonchev–Trinajstić information content (AvgIpc) is 3.03. The normalized spacial score (nSPS) is 23.4. The van der Waals surface area contributed by atoms with Crippen LogP contribution < -0.4 is 10.6 Å². The van der Waals surface area contributed by atoms with Crippen molar-refractivity contribution in [2.75, 3.05) is 19.6 Å². The molecule has 22 heavy (non-hydrogen) atoms. The molecule has 5 heteroatoms. The fourth-order valence-electron chi connectivity index (χ4n) is 3.27. The van der Waals surface area contributed by atoms with Crippen molar-refractivity contribution >= 4 is 11.8 Å². The average molecular weight is 301 g/mol. The van der Waals surface area contributed by atoms with Crippen LogP contribution in [0.4, 0.5) is 0 Å². The molecule has 0 bridgehead atoms. The van der Waals surface area contributed by atoms with E-state index in [9.17, 15) is 9.59 Å². The highest BCUT2D eigenvalue weighted by Crippen LogP contribution is 2.26. The van der Waals surface area contributed by atoms with Gasteiger partial charge in [-0.2, -0.15) is 0 Å². The van der Waals surface area contributed by atoms with Gasteiger partial charge in [-0.25, -0.2) is 0 Å². The summed E-state index contributed by atoms with van der Waals surface area (Å²) in [5.41, 5.74) is 0.890. The summed E-state index contributed by atoms with van der Waals surface area (Å²) in [5, 5.41) is 6.35. The zero-order chi connectivity index (χ0) is 15.4. The molecule has 3 rings (SSSR count). The predicted octanol–water partition coefficient (Wildman–Crippen LogP) is 1.22. The highest BCUT2D eigenvalue weighted by Gasteiger charge is 2.33. The fourth-order valence-corrected chi connectivity index (χ4v) is 3.27. The lowest BCUT2D eigenvalue weighted by molar-refractivity contribution is -0.143. The van der Waals surface area contributed by atoms with Crippen LogP contribution in [-0.2, 0) is 9.59 Å². The van der Waals surface area contributed by atoms with Crippen molar-refractivity contribution in [3.63, 3.8) is 0 Å². The van der Waals surface area contributed by atoms with E-state index in [1.54, 1.807) is 4.90 Å². The smallest absolute Gasteiger partial charge is 0.247 e. The number of hydrogen-bond acceptors (Lipinski definition) is 3. The van der Waals surface area contributed by atoms with Gasteiger partial charge in [0.15, 0.2) is 0 Å². The van der Waals surface area contributed by atoms with Crippen LogP contribution in [0.15, 0.2) is 30.3 Å². The number of hydrogen-bond donors (Lipinski definition) is 2. The van der Waals surface area contributed by atoms with E-state index in [-0.39, 0.29) is 17.9 Å². The van der Waals surface area contributed by atoms with Crippen molar-refractivity contribution < 1.29 is 9.59 Å². The van der Waals surface area contributed by atoms with Crippen LogP contribution in [-0.4, -0.2) is 42.4 Å². The van der Waals surface area contributed by atoms with Crippen molar-refractivity contribution in [3.8, 4) is 0 Å². The third kappa shape index (κ3) is 3.30. The molecule has 2 aliphatic heterocycles. The SMILES string of the molecule is O=C(NC1CCNC1)C(c1ccccc1)N1CCCCC1=O. The molecule has 2 N–H and O–H groups in total. The first-order valence-electron chi connectivity index (χ1n) is 8.11. The quantitative estimate of drug-likeness (QED) is 0.879. The number of nitrogens with one attached hydrogen (secondary N) is 2. The molecule has 1 aromatic rings. The number of piperidine rings is 1. The zero-order valence-corrected chi connectivity index (χ0v) is 12.8. The Bertz CT molecular complexity index is 526. The Morgan fingerprint density at radius 3 is 2.77 bits per heavy atom. The predicted molar refractivity (Wildman–Crippen MR) is 84.2 cm³/mol. The van der Waals surface area contributed by atoms with Gasteiger partial charge in [-0.3, -0.25) is 9.59 Å². The summed E-state index contributed by atoms with van der Waals surface area (Å²) in [6, 6.07) is 9.28. The van der Waals surface area contributed by atoms with Crippen LogP contribution in [0, 0.1) is 0 Å². The lowest BCUT2D eigenvalue weighted by Crippen LogP contribution is -2.48.